The van der Waals surface area contributed by atoms with Crippen LogP contribution in [0.25, 0.3) is 211 Å². The Hall–Kier alpha value is -15.8. The van der Waals surface area contributed by atoms with E-state index in [1.807, 2.05) is 297 Å². The summed E-state index contributed by atoms with van der Waals surface area (Å²) in [5.41, 5.74) is 22.2. The predicted octanol–water partition coefficient (Wildman–Crippen LogP) is 24.7. The molecule has 0 atom stereocenters. The molecule has 0 unspecified atom stereocenters. The average molecular weight is 1430 g/mol. The SMILES string of the molecule is [C-]#[N+]c1cc2nc(-c3ccccc3)c(-c3ccccc3)nc2c2c1c(-c1cccc(-c3cc(-c4ccccc4)nc(-c4ccccc4)n3)c1)nc1ccccc12.[C-]#[N+]c1cc2nc(-c3ccccc3)c(-c3ccccc3)nc2c2c1c(-c1cccc(-c3nc(-c4ccccc4)nc(-c4ccccc4)n3)c1)nc1ccccc12. The summed E-state index contributed by atoms with van der Waals surface area (Å²) in [5, 5.41) is 4.95. The van der Waals surface area contributed by atoms with Gasteiger partial charge in [-0.25, -0.2) is 64.5 Å². The van der Waals surface area contributed by atoms with E-state index >= 15 is 0 Å². The number of rotatable bonds is 12. The molecule has 0 bridgehead atoms. The van der Waals surface area contributed by atoms with Crippen LogP contribution in [-0.2, 0) is 0 Å². The minimum Gasteiger partial charge on any atom is -0.248 e. The Bertz CT molecular complexity index is 6570. The van der Waals surface area contributed by atoms with Crippen LogP contribution in [0.15, 0.2) is 358 Å². The van der Waals surface area contributed by atoms with Gasteiger partial charge in [-0.05, 0) is 42.5 Å². The van der Waals surface area contributed by atoms with Crippen molar-refractivity contribution < 1.29 is 0 Å². The van der Waals surface area contributed by atoms with Gasteiger partial charge in [-0.3, -0.25) is 0 Å². The van der Waals surface area contributed by atoms with Gasteiger partial charge in [0.25, 0.3) is 0 Å². The molecule has 20 aromatic rings. The van der Waals surface area contributed by atoms with Crippen LogP contribution in [0.1, 0.15) is 0 Å². The molecule has 0 aliphatic heterocycles. The van der Waals surface area contributed by atoms with Gasteiger partial charge in [-0.1, -0.05) is 315 Å². The highest BCUT2D eigenvalue weighted by molar-refractivity contribution is 6.27. The fourth-order valence-electron chi connectivity index (χ4n) is 14.7. The largest absolute Gasteiger partial charge is 0.248 e. The number of aromatic nitrogens is 11. The summed E-state index contributed by atoms with van der Waals surface area (Å²) in [6.45, 7) is 17.0. The first kappa shape index (κ1) is 66.8. The van der Waals surface area contributed by atoms with E-state index < -0.39 is 0 Å². The maximum atomic E-state index is 8.48. The second kappa shape index (κ2) is 29.1. The molecule has 14 aromatic carbocycles. The molecule has 13 heteroatoms. The van der Waals surface area contributed by atoms with Crippen LogP contribution in [0.5, 0.6) is 0 Å². The summed E-state index contributed by atoms with van der Waals surface area (Å²) in [6, 6.07) is 119. The van der Waals surface area contributed by atoms with Gasteiger partial charge in [-0.15, -0.1) is 0 Å². The third-order valence-electron chi connectivity index (χ3n) is 19.9. The summed E-state index contributed by atoms with van der Waals surface area (Å²) in [6.07, 6.45) is 0. The van der Waals surface area contributed by atoms with Crippen LogP contribution in [0.2, 0.25) is 0 Å². The predicted molar refractivity (Wildman–Crippen MR) is 451 cm³/mol. The van der Waals surface area contributed by atoms with Crippen molar-refractivity contribution in [1.29, 1.82) is 0 Å². The van der Waals surface area contributed by atoms with E-state index in [2.05, 4.69) is 70.4 Å². The third kappa shape index (κ3) is 12.7. The summed E-state index contributed by atoms with van der Waals surface area (Å²) in [4.78, 5) is 65.1. The number of hydrogen-bond donors (Lipinski definition) is 0. The van der Waals surface area contributed by atoms with Gasteiger partial charge in [0.2, 0.25) is 0 Å². The van der Waals surface area contributed by atoms with Crippen LogP contribution >= 0.6 is 0 Å². The lowest BCUT2D eigenvalue weighted by Gasteiger charge is -2.16. The van der Waals surface area contributed by atoms with Crippen molar-refractivity contribution in [3.05, 3.63) is 381 Å². The summed E-state index contributed by atoms with van der Waals surface area (Å²) in [7, 11) is 0. The van der Waals surface area contributed by atoms with Gasteiger partial charge < -0.3 is 0 Å². The Morgan fingerprint density at radius 1 is 0.179 bits per heavy atom. The quantitative estimate of drug-likeness (QED) is 0.0849. The second-order valence-corrected chi connectivity index (χ2v) is 26.9. The number of pyridine rings is 2. The van der Waals surface area contributed by atoms with Crippen molar-refractivity contribution in [2.75, 3.05) is 0 Å². The normalized spacial score (nSPS) is 11.2. The Kier molecular flexibility index (Phi) is 17.4. The lowest BCUT2D eigenvalue weighted by atomic mass is 9.95. The van der Waals surface area contributed by atoms with Gasteiger partial charge in [0.1, 0.15) is 0 Å². The molecule has 0 fully saturated rings. The van der Waals surface area contributed by atoms with E-state index in [0.29, 0.717) is 62.6 Å². The van der Waals surface area contributed by atoms with Crippen molar-refractivity contribution in [2.24, 2.45) is 0 Å². The summed E-state index contributed by atoms with van der Waals surface area (Å²) < 4.78 is 0. The molecule has 0 N–H and O–H groups in total. The first-order chi connectivity index (χ1) is 55.4. The molecule has 6 aromatic heterocycles. The van der Waals surface area contributed by atoms with Gasteiger partial charge in [0.15, 0.2) is 34.7 Å². The van der Waals surface area contributed by atoms with Gasteiger partial charge in [0, 0.05) is 99.1 Å². The minimum atomic E-state index is 0.449. The lowest BCUT2D eigenvalue weighted by molar-refractivity contribution is 1.07. The molecule has 0 radical (unpaired) electrons. The zero-order chi connectivity index (χ0) is 74.9. The standard InChI is InChI=1S/C50H30N6.C49H29N7/c1-51-42-31-43-49(56-48(34-21-10-4-11-22-34)47(53-43)33-19-8-3-9-20-33)44-38-27-14-15-28-39(38)52-46(45(42)44)37-26-16-25-36(29-37)41-30-40(32-17-6-2-7-18-32)54-50(55-41)35-23-12-5-13-24-35;1-50-39-30-40-46(53-45(32-19-8-3-9-20-32)44(52-40)31-17-6-2-7-18-31)41-37-27-14-15-28-38(37)51-43(42(39)41)35-25-16-26-36(29-35)49-55-47(33-21-10-4-11-22-33)54-48(56-49)34-23-12-5-13-24-34/h2-31H;2-30H. The van der Waals surface area contributed by atoms with E-state index in [1.165, 1.54) is 0 Å². The van der Waals surface area contributed by atoms with E-state index in [9.17, 15) is 0 Å². The van der Waals surface area contributed by atoms with E-state index in [1.54, 1.807) is 0 Å². The molecule has 0 saturated heterocycles. The Morgan fingerprint density at radius 3 is 0.839 bits per heavy atom. The van der Waals surface area contributed by atoms with E-state index in [-0.39, 0.29) is 0 Å². The number of benzene rings is 14. The fourth-order valence-corrected chi connectivity index (χ4v) is 14.7. The molecule has 112 heavy (non-hydrogen) atoms. The topological polar surface area (TPSA) is 151 Å². The number of fused-ring (bicyclic) bond motifs is 10. The highest BCUT2D eigenvalue weighted by Crippen LogP contribution is 2.47. The molecular weight excluding hydrogens is 1370 g/mol. The molecular formula is C99H59N13. The van der Waals surface area contributed by atoms with Crippen LogP contribution in [0, 0.1) is 13.1 Å². The highest BCUT2D eigenvalue weighted by Gasteiger charge is 2.26. The number of para-hydroxylation sites is 2. The first-order valence-corrected chi connectivity index (χ1v) is 36.6. The van der Waals surface area contributed by atoms with E-state index in [4.69, 9.17) is 68.0 Å². The van der Waals surface area contributed by atoms with E-state index in [0.717, 1.165) is 150 Å². The summed E-state index contributed by atoms with van der Waals surface area (Å²) in [5.74, 6) is 2.34. The van der Waals surface area contributed by atoms with Crippen molar-refractivity contribution in [2.45, 2.75) is 0 Å². The molecule has 20 rings (SSSR count). The van der Waals surface area contributed by atoms with Crippen LogP contribution < -0.4 is 0 Å². The van der Waals surface area contributed by atoms with Crippen molar-refractivity contribution in [3.63, 3.8) is 0 Å². The Morgan fingerprint density at radius 2 is 0.455 bits per heavy atom. The molecule has 0 saturated carbocycles. The van der Waals surface area contributed by atoms with Crippen molar-refractivity contribution >= 4 is 76.8 Å². The lowest BCUT2D eigenvalue weighted by Crippen LogP contribution is -2.00. The maximum Gasteiger partial charge on any atom is 0.199 e. The maximum absolute atomic E-state index is 8.48. The van der Waals surface area contributed by atoms with Gasteiger partial charge in [-0.2, -0.15) is 0 Å². The smallest absolute Gasteiger partial charge is 0.199 e. The monoisotopic (exact) mass is 1430 g/mol. The molecule has 0 amide bonds. The van der Waals surface area contributed by atoms with Crippen LogP contribution in [0.4, 0.5) is 11.4 Å². The first-order valence-electron chi connectivity index (χ1n) is 36.6. The Balaban J connectivity index is 0.000000151. The molecule has 0 spiro atoms. The molecule has 0 aliphatic rings. The fraction of sp³-hybridized carbons (Fsp3) is 0. The number of nitrogens with zero attached hydrogens (tertiary/aromatic N) is 13. The third-order valence-corrected chi connectivity index (χ3v) is 19.9. The van der Waals surface area contributed by atoms with Crippen molar-refractivity contribution in [3.8, 4) is 136 Å². The molecule has 520 valence electrons. The summed E-state index contributed by atoms with van der Waals surface area (Å²) >= 11 is 0. The van der Waals surface area contributed by atoms with Crippen molar-refractivity contribution in [1.82, 2.24) is 54.8 Å². The highest BCUT2D eigenvalue weighted by atomic mass is 15.0. The van der Waals surface area contributed by atoms with Gasteiger partial charge >= 0.3 is 0 Å². The zero-order valence-electron chi connectivity index (χ0n) is 59.9. The van der Waals surface area contributed by atoms with Gasteiger partial charge in [0.05, 0.1) is 91.8 Å². The molecule has 6 heterocycles. The Labute approximate surface area is 644 Å². The average Bonchev–Trinajstić information content (AvgIpc) is 0.725. The molecule has 0 aliphatic carbocycles. The van der Waals surface area contributed by atoms with Crippen LogP contribution in [0.3, 0.4) is 0 Å². The second-order valence-electron chi connectivity index (χ2n) is 26.9. The minimum absolute atomic E-state index is 0.449. The zero-order valence-corrected chi connectivity index (χ0v) is 59.9. The van der Waals surface area contributed by atoms with Crippen LogP contribution in [-0.4, -0.2) is 54.8 Å². The number of hydrogen-bond acceptors (Lipinski definition) is 11. The molecule has 13 nitrogen and oxygen atoms in total.